The lowest BCUT2D eigenvalue weighted by atomic mass is 10.3. The Labute approximate surface area is 120 Å². The van der Waals surface area contributed by atoms with Gasteiger partial charge in [-0.25, -0.2) is 0 Å². The van der Waals surface area contributed by atoms with Gasteiger partial charge in [0, 0.05) is 22.9 Å². The largest absolute Gasteiger partial charge is 0.336 e. The highest BCUT2D eigenvalue weighted by atomic mass is 32.1. The molecule has 0 bridgehead atoms. The van der Waals surface area contributed by atoms with Crippen LogP contribution in [-0.2, 0) is 6.54 Å². The first-order valence-corrected chi connectivity index (χ1v) is 7.52. The molecule has 0 saturated carbocycles. The van der Waals surface area contributed by atoms with Crippen LogP contribution in [0.5, 0.6) is 0 Å². The first kappa shape index (κ1) is 13.8. The molecule has 0 aromatic carbocycles. The van der Waals surface area contributed by atoms with Gasteiger partial charge in [0.2, 0.25) is 0 Å². The third kappa shape index (κ3) is 3.67. The molecular formula is C14H14N2OS2. The molecular weight excluding hydrogens is 276 g/mol. The van der Waals surface area contributed by atoms with E-state index < -0.39 is 0 Å². The summed E-state index contributed by atoms with van der Waals surface area (Å²) in [5.74, 6) is 5.86. The molecule has 0 fully saturated rings. The number of carbonyl (C=O) groups excluding carboxylic acids is 1. The molecule has 0 unspecified atom stereocenters. The van der Waals surface area contributed by atoms with E-state index in [-0.39, 0.29) is 5.91 Å². The molecule has 2 N–H and O–H groups in total. The molecule has 0 spiro atoms. The maximum absolute atomic E-state index is 12.1. The topological polar surface area (TPSA) is 46.3 Å². The van der Waals surface area contributed by atoms with Crippen molar-refractivity contribution >= 4 is 28.6 Å². The quantitative estimate of drug-likeness (QED) is 0.882. The van der Waals surface area contributed by atoms with Crippen LogP contribution in [0.1, 0.15) is 20.1 Å². The van der Waals surface area contributed by atoms with E-state index in [1.807, 2.05) is 36.0 Å². The van der Waals surface area contributed by atoms with E-state index in [2.05, 4.69) is 11.8 Å². The van der Waals surface area contributed by atoms with Crippen LogP contribution in [0.25, 0.3) is 0 Å². The minimum atomic E-state index is 0.0537. The fraction of sp³-hybridized carbons (Fsp3) is 0.214. The van der Waals surface area contributed by atoms with Gasteiger partial charge in [0.05, 0.1) is 18.0 Å². The van der Waals surface area contributed by atoms with Crippen LogP contribution in [0.15, 0.2) is 29.0 Å². The van der Waals surface area contributed by atoms with Gasteiger partial charge >= 0.3 is 0 Å². The second-order valence-corrected chi connectivity index (χ2v) is 5.89. The molecule has 2 rings (SSSR count). The standard InChI is InChI=1S/C14H14N2OS2/c1-16(14(17)13-5-3-7-18-13)9-12-8-11(10-19-12)4-2-6-15/h3,5,7-8,10H,6,9,15H2,1H3. The zero-order valence-electron chi connectivity index (χ0n) is 10.6. The lowest BCUT2D eigenvalue weighted by molar-refractivity contribution is 0.0791. The maximum Gasteiger partial charge on any atom is 0.263 e. The Morgan fingerprint density at radius 2 is 2.32 bits per heavy atom. The van der Waals surface area contributed by atoms with Gasteiger partial charge in [0.15, 0.2) is 0 Å². The number of thiophene rings is 2. The zero-order chi connectivity index (χ0) is 13.7. The molecule has 0 saturated heterocycles. The van der Waals surface area contributed by atoms with Crippen LogP contribution in [-0.4, -0.2) is 24.4 Å². The molecule has 98 valence electrons. The molecule has 1 amide bonds. The van der Waals surface area contributed by atoms with Crippen LogP contribution in [0.4, 0.5) is 0 Å². The average molecular weight is 290 g/mol. The number of nitrogens with zero attached hydrogens (tertiary/aromatic N) is 1. The Kier molecular flexibility index (Phi) is 4.74. The monoisotopic (exact) mass is 290 g/mol. The fourth-order valence-electron chi connectivity index (χ4n) is 1.58. The highest BCUT2D eigenvalue weighted by Gasteiger charge is 2.13. The predicted octanol–water partition coefficient (Wildman–Crippen LogP) is 2.39. The van der Waals surface area contributed by atoms with E-state index in [1.54, 1.807) is 16.2 Å². The molecule has 0 aliphatic carbocycles. The molecule has 2 aromatic rings. The van der Waals surface area contributed by atoms with E-state index in [0.717, 1.165) is 15.3 Å². The summed E-state index contributed by atoms with van der Waals surface area (Å²) >= 11 is 3.07. The minimum absolute atomic E-state index is 0.0537. The lowest BCUT2D eigenvalue weighted by Crippen LogP contribution is -2.24. The summed E-state index contributed by atoms with van der Waals surface area (Å²) in [7, 11) is 1.81. The number of rotatable bonds is 3. The molecule has 0 aliphatic heterocycles. The smallest absolute Gasteiger partial charge is 0.263 e. The van der Waals surface area contributed by atoms with Crippen molar-refractivity contribution in [3.8, 4) is 11.8 Å². The molecule has 0 atom stereocenters. The summed E-state index contributed by atoms with van der Waals surface area (Å²) in [4.78, 5) is 15.7. The zero-order valence-corrected chi connectivity index (χ0v) is 12.2. The minimum Gasteiger partial charge on any atom is -0.336 e. The van der Waals surface area contributed by atoms with Gasteiger partial charge in [-0.05, 0) is 17.5 Å². The fourth-order valence-corrected chi connectivity index (χ4v) is 3.16. The molecule has 0 radical (unpaired) electrons. The Balaban J connectivity index is 2.01. The molecule has 5 heteroatoms. The second kappa shape index (κ2) is 6.53. The SMILES string of the molecule is CN(Cc1cc(C#CCN)cs1)C(=O)c1cccs1. The highest BCUT2D eigenvalue weighted by Crippen LogP contribution is 2.18. The van der Waals surface area contributed by atoms with Crippen molar-refractivity contribution in [2.24, 2.45) is 5.73 Å². The number of hydrogen-bond acceptors (Lipinski definition) is 4. The molecule has 0 aliphatic rings. The van der Waals surface area contributed by atoms with Crippen LogP contribution >= 0.6 is 22.7 Å². The average Bonchev–Trinajstić information content (AvgIpc) is 3.06. The van der Waals surface area contributed by atoms with Gasteiger partial charge in [-0.2, -0.15) is 0 Å². The van der Waals surface area contributed by atoms with Crippen LogP contribution in [0.3, 0.4) is 0 Å². The van der Waals surface area contributed by atoms with E-state index >= 15 is 0 Å². The summed E-state index contributed by atoms with van der Waals surface area (Å²) in [6, 6.07) is 5.74. The summed E-state index contributed by atoms with van der Waals surface area (Å²) in [5.41, 5.74) is 6.30. The third-order valence-electron chi connectivity index (χ3n) is 2.46. The normalized spacial score (nSPS) is 9.79. The summed E-state index contributed by atoms with van der Waals surface area (Å²) in [6.07, 6.45) is 0. The van der Waals surface area contributed by atoms with Crippen molar-refractivity contribution in [2.75, 3.05) is 13.6 Å². The van der Waals surface area contributed by atoms with Crippen molar-refractivity contribution < 1.29 is 4.79 Å². The summed E-state index contributed by atoms with van der Waals surface area (Å²) < 4.78 is 0. The van der Waals surface area contributed by atoms with E-state index in [9.17, 15) is 4.79 Å². The number of amides is 1. The highest BCUT2D eigenvalue weighted by molar-refractivity contribution is 7.12. The summed E-state index contributed by atoms with van der Waals surface area (Å²) in [6.45, 7) is 0.966. The van der Waals surface area contributed by atoms with Gasteiger partial charge in [-0.15, -0.1) is 22.7 Å². The Morgan fingerprint density at radius 1 is 1.47 bits per heavy atom. The van der Waals surface area contributed by atoms with E-state index in [4.69, 9.17) is 5.73 Å². The van der Waals surface area contributed by atoms with Crippen LogP contribution in [0, 0.1) is 11.8 Å². The molecule has 2 aromatic heterocycles. The third-order valence-corrected chi connectivity index (χ3v) is 4.24. The van der Waals surface area contributed by atoms with E-state index in [0.29, 0.717) is 13.1 Å². The van der Waals surface area contributed by atoms with Gasteiger partial charge in [0.1, 0.15) is 0 Å². The lowest BCUT2D eigenvalue weighted by Gasteiger charge is -2.14. The molecule has 3 nitrogen and oxygen atoms in total. The predicted molar refractivity (Wildman–Crippen MR) is 80.4 cm³/mol. The Morgan fingerprint density at radius 3 is 3.00 bits per heavy atom. The van der Waals surface area contributed by atoms with Crippen molar-refractivity contribution in [3.63, 3.8) is 0 Å². The molecule has 19 heavy (non-hydrogen) atoms. The van der Waals surface area contributed by atoms with Crippen molar-refractivity contribution in [2.45, 2.75) is 6.54 Å². The van der Waals surface area contributed by atoms with Crippen LogP contribution in [0.2, 0.25) is 0 Å². The van der Waals surface area contributed by atoms with Crippen molar-refractivity contribution in [3.05, 3.63) is 44.3 Å². The number of hydrogen-bond donors (Lipinski definition) is 1. The van der Waals surface area contributed by atoms with Gasteiger partial charge in [-0.3, -0.25) is 4.79 Å². The second-order valence-electron chi connectivity index (χ2n) is 3.95. The maximum atomic E-state index is 12.1. The van der Waals surface area contributed by atoms with Crippen molar-refractivity contribution in [1.82, 2.24) is 4.90 Å². The first-order chi connectivity index (χ1) is 9.20. The number of nitrogens with two attached hydrogens (primary N) is 1. The Bertz CT molecular complexity index is 605. The van der Waals surface area contributed by atoms with Gasteiger partial charge < -0.3 is 10.6 Å². The van der Waals surface area contributed by atoms with E-state index in [1.165, 1.54) is 11.3 Å². The van der Waals surface area contributed by atoms with Gasteiger partial charge in [0.25, 0.3) is 5.91 Å². The Hall–Kier alpha value is -1.61. The van der Waals surface area contributed by atoms with Crippen LogP contribution < -0.4 is 5.73 Å². The van der Waals surface area contributed by atoms with Gasteiger partial charge in [-0.1, -0.05) is 17.9 Å². The van der Waals surface area contributed by atoms with Crippen molar-refractivity contribution in [1.29, 1.82) is 0 Å². The molecule has 2 heterocycles. The number of carbonyl (C=O) groups is 1. The first-order valence-electron chi connectivity index (χ1n) is 5.76. The summed E-state index contributed by atoms with van der Waals surface area (Å²) in [5, 5.41) is 3.90.